The lowest BCUT2D eigenvalue weighted by Gasteiger charge is -2.27. The van der Waals surface area contributed by atoms with Crippen molar-refractivity contribution in [3.8, 4) is 0 Å². The highest BCUT2D eigenvalue weighted by Crippen LogP contribution is 2.26. The van der Waals surface area contributed by atoms with Gasteiger partial charge in [0.1, 0.15) is 10.7 Å². The SMILES string of the molecule is CCC(C)N(CCOC)C(=O)c1sc(NC)nc1N. The molecule has 1 amide bonds. The predicted octanol–water partition coefficient (Wildman–Crippen LogP) is 1.65. The highest BCUT2D eigenvalue weighted by molar-refractivity contribution is 7.18. The summed E-state index contributed by atoms with van der Waals surface area (Å²) >= 11 is 1.28. The molecule has 7 heteroatoms. The fourth-order valence-corrected chi connectivity index (χ4v) is 2.45. The normalized spacial score (nSPS) is 12.2. The molecule has 1 aromatic rings. The molecule has 1 aromatic heterocycles. The summed E-state index contributed by atoms with van der Waals surface area (Å²) in [6, 6.07) is 0.141. The van der Waals surface area contributed by atoms with E-state index < -0.39 is 0 Å². The Labute approximate surface area is 118 Å². The Balaban J connectivity index is 2.93. The molecule has 6 nitrogen and oxygen atoms in total. The van der Waals surface area contributed by atoms with Gasteiger partial charge in [-0.25, -0.2) is 4.98 Å². The molecule has 0 radical (unpaired) electrons. The molecule has 0 aliphatic carbocycles. The summed E-state index contributed by atoms with van der Waals surface area (Å²) in [6.07, 6.45) is 0.882. The molecule has 0 aromatic carbocycles. The van der Waals surface area contributed by atoms with Crippen LogP contribution >= 0.6 is 11.3 Å². The molecular weight excluding hydrogens is 264 g/mol. The zero-order valence-corrected chi connectivity index (χ0v) is 12.7. The van der Waals surface area contributed by atoms with E-state index in [2.05, 4.69) is 10.3 Å². The molecule has 1 rings (SSSR count). The maximum atomic E-state index is 12.5. The quantitative estimate of drug-likeness (QED) is 0.796. The fraction of sp³-hybridized carbons (Fsp3) is 0.667. The van der Waals surface area contributed by atoms with Crippen LogP contribution in [0.1, 0.15) is 29.9 Å². The van der Waals surface area contributed by atoms with E-state index in [1.54, 1.807) is 19.1 Å². The Hall–Kier alpha value is -1.34. The number of nitrogen functional groups attached to an aromatic ring is 1. The number of carbonyl (C=O) groups excluding carboxylic acids is 1. The number of nitrogens with one attached hydrogen (secondary N) is 1. The number of nitrogens with zero attached hydrogens (tertiary/aromatic N) is 2. The largest absolute Gasteiger partial charge is 0.383 e. The van der Waals surface area contributed by atoms with Gasteiger partial charge in [-0.15, -0.1) is 0 Å². The first-order valence-corrected chi connectivity index (χ1v) is 7.10. The van der Waals surface area contributed by atoms with Gasteiger partial charge in [-0.1, -0.05) is 18.3 Å². The zero-order valence-electron chi connectivity index (χ0n) is 11.9. The van der Waals surface area contributed by atoms with Gasteiger partial charge in [0.15, 0.2) is 5.13 Å². The van der Waals surface area contributed by atoms with Crippen LogP contribution in [0.15, 0.2) is 0 Å². The minimum Gasteiger partial charge on any atom is -0.383 e. The standard InChI is InChI=1S/C12H22N4O2S/c1-5-8(2)16(6-7-18-4)11(17)9-10(13)15-12(14-3)19-9/h8H,5-7,13H2,1-4H3,(H,14,15). The second kappa shape index (κ2) is 7.30. The van der Waals surface area contributed by atoms with Crippen LogP contribution in [0, 0.1) is 0 Å². The van der Waals surface area contributed by atoms with Crippen molar-refractivity contribution < 1.29 is 9.53 Å². The maximum absolute atomic E-state index is 12.5. The number of hydrogen-bond donors (Lipinski definition) is 2. The summed E-state index contributed by atoms with van der Waals surface area (Å²) in [5, 5.41) is 3.55. The number of ether oxygens (including phenoxy) is 1. The minimum absolute atomic E-state index is 0.0806. The van der Waals surface area contributed by atoms with Crippen molar-refractivity contribution in [3.05, 3.63) is 4.88 Å². The molecular formula is C12H22N4O2S. The van der Waals surface area contributed by atoms with Gasteiger partial charge in [0.05, 0.1) is 6.61 Å². The van der Waals surface area contributed by atoms with Crippen LogP contribution in [0.5, 0.6) is 0 Å². The lowest BCUT2D eigenvalue weighted by molar-refractivity contribution is 0.0619. The molecule has 1 atom stereocenters. The van der Waals surface area contributed by atoms with E-state index >= 15 is 0 Å². The molecule has 0 spiro atoms. The average molecular weight is 286 g/mol. The van der Waals surface area contributed by atoms with Gasteiger partial charge in [-0.05, 0) is 13.3 Å². The van der Waals surface area contributed by atoms with Gasteiger partial charge in [0.2, 0.25) is 0 Å². The summed E-state index contributed by atoms with van der Waals surface area (Å²) in [4.78, 5) is 18.9. The highest BCUT2D eigenvalue weighted by atomic mass is 32.1. The zero-order chi connectivity index (χ0) is 14.4. The molecule has 3 N–H and O–H groups in total. The summed E-state index contributed by atoms with van der Waals surface area (Å²) in [5.41, 5.74) is 5.81. The first-order chi connectivity index (χ1) is 9.04. The lowest BCUT2D eigenvalue weighted by atomic mass is 10.2. The number of nitrogens with two attached hydrogens (primary N) is 1. The molecule has 0 bridgehead atoms. The topological polar surface area (TPSA) is 80.5 Å². The maximum Gasteiger partial charge on any atom is 0.268 e. The van der Waals surface area contributed by atoms with Crippen molar-refractivity contribution in [2.45, 2.75) is 26.3 Å². The van der Waals surface area contributed by atoms with E-state index in [-0.39, 0.29) is 17.8 Å². The van der Waals surface area contributed by atoms with Crippen molar-refractivity contribution >= 4 is 28.2 Å². The van der Waals surface area contributed by atoms with Crippen LogP contribution in [0.25, 0.3) is 0 Å². The molecule has 0 fully saturated rings. The molecule has 0 saturated carbocycles. The van der Waals surface area contributed by atoms with Crippen molar-refractivity contribution in [1.82, 2.24) is 9.88 Å². The van der Waals surface area contributed by atoms with Gasteiger partial charge in [0.25, 0.3) is 5.91 Å². The predicted molar refractivity (Wildman–Crippen MR) is 78.7 cm³/mol. The number of amides is 1. The molecule has 1 unspecified atom stereocenters. The summed E-state index contributed by atoms with van der Waals surface area (Å²) in [7, 11) is 3.38. The Morgan fingerprint density at radius 1 is 1.63 bits per heavy atom. The van der Waals surface area contributed by atoms with E-state index in [9.17, 15) is 4.79 Å². The van der Waals surface area contributed by atoms with Crippen LogP contribution < -0.4 is 11.1 Å². The number of rotatable bonds is 7. The highest BCUT2D eigenvalue weighted by Gasteiger charge is 2.24. The van der Waals surface area contributed by atoms with Gasteiger partial charge < -0.3 is 20.7 Å². The van der Waals surface area contributed by atoms with Crippen LogP contribution in [0.2, 0.25) is 0 Å². The summed E-state index contributed by atoms with van der Waals surface area (Å²) in [5.74, 6) is 0.202. The van der Waals surface area contributed by atoms with Crippen molar-refractivity contribution in [1.29, 1.82) is 0 Å². The monoisotopic (exact) mass is 286 g/mol. The number of aromatic nitrogens is 1. The molecule has 0 saturated heterocycles. The van der Waals surface area contributed by atoms with E-state index in [1.807, 2.05) is 13.8 Å². The van der Waals surface area contributed by atoms with Gasteiger partial charge >= 0.3 is 0 Å². The van der Waals surface area contributed by atoms with Crippen molar-refractivity contribution in [2.75, 3.05) is 38.4 Å². The van der Waals surface area contributed by atoms with E-state index in [1.165, 1.54) is 11.3 Å². The number of thiazole rings is 1. The number of hydrogen-bond acceptors (Lipinski definition) is 6. The molecule has 0 aliphatic heterocycles. The second-order valence-corrected chi connectivity index (χ2v) is 5.23. The fourth-order valence-electron chi connectivity index (χ4n) is 1.65. The Morgan fingerprint density at radius 3 is 2.79 bits per heavy atom. The average Bonchev–Trinajstić information content (AvgIpc) is 2.79. The number of carbonyl (C=O) groups is 1. The molecule has 0 aliphatic rings. The summed E-state index contributed by atoms with van der Waals surface area (Å²) in [6.45, 7) is 5.13. The van der Waals surface area contributed by atoms with Gasteiger partial charge in [0, 0.05) is 26.7 Å². The van der Waals surface area contributed by atoms with E-state index in [4.69, 9.17) is 10.5 Å². The van der Waals surface area contributed by atoms with Crippen molar-refractivity contribution in [3.63, 3.8) is 0 Å². The third kappa shape index (κ3) is 3.81. The molecule has 19 heavy (non-hydrogen) atoms. The summed E-state index contributed by atoms with van der Waals surface area (Å²) < 4.78 is 5.06. The van der Waals surface area contributed by atoms with Crippen molar-refractivity contribution in [2.24, 2.45) is 0 Å². The Kier molecular flexibility index (Phi) is 6.04. The third-order valence-corrected chi connectivity index (χ3v) is 4.06. The number of anilines is 2. The van der Waals surface area contributed by atoms with Crippen LogP contribution in [0.3, 0.4) is 0 Å². The number of methoxy groups -OCH3 is 1. The van der Waals surface area contributed by atoms with E-state index in [0.29, 0.717) is 23.2 Å². The van der Waals surface area contributed by atoms with Gasteiger partial charge in [-0.2, -0.15) is 0 Å². The van der Waals surface area contributed by atoms with E-state index in [0.717, 1.165) is 6.42 Å². The first kappa shape index (κ1) is 15.7. The first-order valence-electron chi connectivity index (χ1n) is 6.29. The Morgan fingerprint density at radius 2 is 2.32 bits per heavy atom. The minimum atomic E-state index is -0.0806. The molecule has 1 heterocycles. The van der Waals surface area contributed by atoms with Gasteiger partial charge in [-0.3, -0.25) is 4.79 Å². The van der Waals surface area contributed by atoms with Crippen LogP contribution in [0.4, 0.5) is 10.9 Å². The van der Waals surface area contributed by atoms with Crippen LogP contribution in [-0.2, 0) is 4.74 Å². The lowest BCUT2D eigenvalue weighted by Crippen LogP contribution is -2.40. The smallest absolute Gasteiger partial charge is 0.268 e. The van der Waals surface area contributed by atoms with Crippen LogP contribution in [-0.4, -0.2) is 49.1 Å². The Bertz CT molecular complexity index is 422. The molecule has 108 valence electrons. The third-order valence-electron chi connectivity index (χ3n) is 2.98. The second-order valence-electron chi connectivity index (χ2n) is 4.23.